The molecule has 1 aromatic heterocycles. The molecule has 0 amide bonds. The first-order valence-electron chi connectivity index (χ1n) is 5.82. The molecule has 1 aliphatic rings. The molecule has 2 nitrogen and oxygen atoms in total. The van der Waals surface area contributed by atoms with Crippen LogP contribution in [0, 0.1) is 0 Å². The van der Waals surface area contributed by atoms with Gasteiger partial charge in [0.25, 0.3) is 0 Å². The first-order valence-corrected chi connectivity index (χ1v) is 6.20. The molecule has 0 spiro atoms. The highest BCUT2D eigenvalue weighted by molar-refractivity contribution is 6.35. The van der Waals surface area contributed by atoms with Crippen molar-refractivity contribution in [1.29, 1.82) is 0 Å². The first-order chi connectivity index (χ1) is 7.84. The van der Waals surface area contributed by atoms with Gasteiger partial charge in [0.1, 0.15) is 0 Å². The molecule has 0 saturated carbocycles. The smallest absolute Gasteiger partial charge is 0.0679 e. The second-order valence-electron chi connectivity index (χ2n) is 4.48. The summed E-state index contributed by atoms with van der Waals surface area (Å²) >= 11 is 6.40. The fourth-order valence-corrected chi connectivity index (χ4v) is 2.79. The van der Waals surface area contributed by atoms with Crippen LogP contribution in [0.3, 0.4) is 0 Å². The Morgan fingerprint density at radius 2 is 2.25 bits per heavy atom. The van der Waals surface area contributed by atoms with E-state index < -0.39 is 0 Å². The highest BCUT2D eigenvalue weighted by Gasteiger charge is 2.16. The van der Waals surface area contributed by atoms with Gasteiger partial charge in [-0.2, -0.15) is 0 Å². The van der Waals surface area contributed by atoms with E-state index in [4.69, 9.17) is 11.6 Å². The zero-order valence-corrected chi connectivity index (χ0v) is 9.85. The van der Waals surface area contributed by atoms with Gasteiger partial charge in [-0.25, -0.2) is 0 Å². The third-order valence-corrected chi connectivity index (χ3v) is 3.81. The molecule has 2 aromatic rings. The van der Waals surface area contributed by atoms with Gasteiger partial charge in [-0.3, -0.25) is 0 Å². The minimum Gasteiger partial charge on any atom is -0.360 e. The summed E-state index contributed by atoms with van der Waals surface area (Å²) in [6, 6.07) is 6.95. The molecule has 1 fully saturated rings. The van der Waals surface area contributed by atoms with Gasteiger partial charge >= 0.3 is 0 Å². The summed E-state index contributed by atoms with van der Waals surface area (Å²) in [6.07, 6.45) is 5.52. The van der Waals surface area contributed by atoms with Crippen molar-refractivity contribution in [2.24, 2.45) is 0 Å². The Kier molecular flexibility index (Phi) is 2.62. The van der Waals surface area contributed by atoms with Crippen LogP contribution >= 0.6 is 11.6 Å². The van der Waals surface area contributed by atoms with E-state index in [2.05, 4.69) is 28.5 Å². The van der Waals surface area contributed by atoms with Crippen LogP contribution < -0.4 is 5.32 Å². The molecule has 0 bridgehead atoms. The van der Waals surface area contributed by atoms with Crippen LogP contribution in [0.5, 0.6) is 0 Å². The lowest BCUT2D eigenvalue weighted by molar-refractivity contribution is 0.603. The second-order valence-corrected chi connectivity index (χ2v) is 4.86. The Bertz CT molecular complexity index is 498. The quantitative estimate of drug-likeness (QED) is 0.821. The topological polar surface area (TPSA) is 27.8 Å². The van der Waals surface area contributed by atoms with E-state index in [9.17, 15) is 0 Å². The van der Waals surface area contributed by atoms with Gasteiger partial charge in [-0.05, 0) is 37.4 Å². The van der Waals surface area contributed by atoms with Gasteiger partial charge in [0, 0.05) is 17.6 Å². The van der Waals surface area contributed by atoms with Crippen LogP contribution in [0.2, 0.25) is 5.02 Å². The molecule has 0 aliphatic carbocycles. The van der Waals surface area contributed by atoms with Crippen molar-refractivity contribution < 1.29 is 0 Å². The molecule has 3 rings (SSSR count). The molecule has 2 heterocycles. The van der Waals surface area contributed by atoms with E-state index in [1.165, 1.54) is 23.8 Å². The average Bonchev–Trinajstić information content (AvgIpc) is 2.93. The lowest BCUT2D eigenvalue weighted by Crippen LogP contribution is -2.23. The van der Waals surface area contributed by atoms with Crippen molar-refractivity contribution in [3.63, 3.8) is 0 Å². The number of rotatable bonds is 2. The van der Waals surface area contributed by atoms with E-state index >= 15 is 0 Å². The Hall–Kier alpha value is -0.990. The number of fused-ring (bicyclic) bond motifs is 1. The van der Waals surface area contributed by atoms with E-state index in [1.54, 1.807) is 0 Å². The molecule has 1 aliphatic heterocycles. The molecule has 84 valence electrons. The average molecular weight is 235 g/mol. The summed E-state index contributed by atoms with van der Waals surface area (Å²) in [6.45, 7) is 1.15. The third kappa shape index (κ3) is 1.72. The minimum absolute atomic E-state index is 0.602. The summed E-state index contributed by atoms with van der Waals surface area (Å²) < 4.78 is 0. The van der Waals surface area contributed by atoms with E-state index in [0.717, 1.165) is 23.5 Å². The third-order valence-electron chi connectivity index (χ3n) is 3.37. The van der Waals surface area contributed by atoms with Crippen LogP contribution in [0.4, 0.5) is 0 Å². The van der Waals surface area contributed by atoms with Crippen molar-refractivity contribution in [2.45, 2.75) is 25.3 Å². The van der Waals surface area contributed by atoms with Gasteiger partial charge in [-0.15, -0.1) is 0 Å². The molecule has 1 aromatic carbocycles. The van der Waals surface area contributed by atoms with E-state index in [-0.39, 0.29) is 0 Å². The van der Waals surface area contributed by atoms with Gasteiger partial charge in [-0.1, -0.05) is 23.7 Å². The van der Waals surface area contributed by atoms with Crippen molar-refractivity contribution >= 4 is 22.5 Å². The van der Waals surface area contributed by atoms with Gasteiger partial charge < -0.3 is 10.3 Å². The number of aromatic nitrogens is 1. The predicted octanol–water partition coefficient (Wildman–Crippen LogP) is 3.12. The number of H-pyrrole nitrogens is 1. The Labute approximate surface area is 100.0 Å². The molecule has 1 unspecified atom stereocenters. The number of halogens is 1. The molecule has 3 heteroatoms. The normalized spacial score (nSPS) is 20.7. The number of nitrogens with one attached hydrogen (secondary N) is 2. The SMILES string of the molecule is Clc1c(CC2CCCN2)ccc2cc[nH]c12. The van der Waals surface area contributed by atoms with Crippen LogP contribution in [0.1, 0.15) is 18.4 Å². The zero-order chi connectivity index (χ0) is 11.0. The summed E-state index contributed by atoms with van der Waals surface area (Å²) in [4.78, 5) is 3.20. The number of hydrogen-bond donors (Lipinski definition) is 2. The molecule has 1 atom stereocenters. The minimum atomic E-state index is 0.602. The molecule has 0 radical (unpaired) electrons. The molecular weight excluding hydrogens is 220 g/mol. The largest absolute Gasteiger partial charge is 0.360 e. The Morgan fingerprint density at radius 1 is 1.31 bits per heavy atom. The van der Waals surface area contributed by atoms with E-state index in [0.29, 0.717) is 6.04 Å². The van der Waals surface area contributed by atoms with Crippen molar-refractivity contribution in [3.05, 3.63) is 35.0 Å². The highest BCUT2D eigenvalue weighted by atomic mass is 35.5. The predicted molar refractivity (Wildman–Crippen MR) is 68.0 cm³/mol. The molecule has 1 saturated heterocycles. The zero-order valence-electron chi connectivity index (χ0n) is 9.09. The summed E-state index contributed by atoms with van der Waals surface area (Å²) in [5.41, 5.74) is 2.31. The lowest BCUT2D eigenvalue weighted by atomic mass is 10.0. The molecular formula is C13H15ClN2. The Balaban J connectivity index is 1.93. The monoisotopic (exact) mass is 234 g/mol. The summed E-state index contributed by atoms with van der Waals surface area (Å²) in [5.74, 6) is 0. The maximum Gasteiger partial charge on any atom is 0.0679 e. The Morgan fingerprint density at radius 3 is 3.06 bits per heavy atom. The van der Waals surface area contributed by atoms with Crippen LogP contribution in [-0.2, 0) is 6.42 Å². The van der Waals surface area contributed by atoms with Gasteiger partial charge in [0.2, 0.25) is 0 Å². The number of hydrogen-bond acceptors (Lipinski definition) is 1. The highest BCUT2D eigenvalue weighted by Crippen LogP contribution is 2.27. The van der Waals surface area contributed by atoms with Crippen molar-refractivity contribution in [3.8, 4) is 0 Å². The fourth-order valence-electron chi connectivity index (χ4n) is 2.49. The summed E-state index contributed by atoms with van der Waals surface area (Å²) in [5, 5.41) is 5.58. The van der Waals surface area contributed by atoms with Crippen LogP contribution in [0.15, 0.2) is 24.4 Å². The van der Waals surface area contributed by atoms with Crippen LogP contribution in [-0.4, -0.2) is 17.6 Å². The lowest BCUT2D eigenvalue weighted by Gasteiger charge is -2.11. The standard InChI is InChI=1S/C13H15ClN2/c14-12-10(8-11-2-1-6-15-11)4-3-9-5-7-16-13(9)12/h3-5,7,11,15-16H,1-2,6,8H2. The van der Waals surface area contributed by atoms with Gasteiger partial charge in [0.15, 0.2) is 0 Å². The van der Waals surface area contributed by atoms with Crippen molar-refractivity contribution in [2.75, 3.05) is 6.54 Å². The van der Waals surface area contributed by atoms with E-state index in [1.807, 2.05) is 6.20 Å². The fraction of sp³-hybridized carbons (Fsp3) is 0.385. The molecule has 16 heavy (non-hydrogen) atoms. The van der Waals surface area contributed by atoms with Crippen LogP contribution in [0.25, 0.3) is 10.9 Å². The first kappa shape index (κ1) is 10.2. The maximum absolute atomic E-state index is 6.40. The van der Waals surface area contributed by atoms with Gasteiger partial charge in [0.05, 0.1) is 10.5 Å². The summed E-state index contributed by atoms with van der Waals surface area (Å²) in [7, 11) is 0. The maximum atomic E-state index is 6.40. The second kappa shape index (κ2) is 4.11. The number of benzene rings is 1. The van der Waals surface area contributed by atoms with Crippen molar-refractivity contribution in [1.82, 2.24) is 10.3 Å². The number of aromatic amines is 1. The molecule has 2 N–H and O–H groups in total.